The van der Waals surface area contributed by atoms with Gasteiger partial charge in [-0.3, -0.25) is 4.79 Å². The van der Waals surface area contributed by atoms with Crippen molar-refractivity contribution in [1.29, 1.82) is 0 Å². The molecule has 5 nitrogen and oxygen atoms in total. The second-order valence-corrected chi connectivity index (χ2v) is 6.32. The number of guanidine groups is 1. The second-order valence-electron chi connectivity index (χ2n) is 6.32. The van der Waals surface area contributed by atoms with Gasteiger partial charge in [-0.05, 0) is 30.9 Å². The third kappa shape index (κ3) is 4.71. The van der Waals surface area contributed by atoms with Crippen LogP contribution in [0.1, 0.15) is 31.4 Å². The molecular formula is C18H28N4O. The third-order valence-electron chi connectivity index (χ3n) is 4.28. The maximum absolute atomic E-state index is 11.9. The van der Waals surface area contributed by atoms with Gasteiger partial charge >= 0.3 is 0 Å². The minimum Gasteiger partial charge on any atom is -0.354 e. The standard InChI is InChI=1S/C18H28N4O/c1-5-14(2)20-18(19-12-17(23)21(3)4)22-11-10-15-8-6-7-9-16(15)13-22/h6-9,14H,5,10-13H2,1-4H3,(H,19,20). The van der Waals surface area contributed by atoms with E-state index < -0.39 is 0 Å². The molecule has 1 amide bonds. The summed E-state index contributed by atoms with van der Waals surface area (Å²) in [5, 5.41) is 3.47. The molecule has 23 heavy (non-hydrogen) atoms. The lowest BCUT2D eigenvalue weighted by Gasteiger charge is -2.33. The molecule has 0 aliphatic carbocycles. The maximum atomic E-state index is 11.9. The van der Waals surface area contributed by atoms with Crippen LogP contribution < -0.4 is 5.32 Å². The Kier molecular flexibility index (Phi) is 6.02. The van der Waals surface area contributed by atoms with Gasteiger partial charge in [-0.15, -0.1) is 0 Å². The smallest absolute Gasteiger partial charge is 0.243 e. The van der Waals surface area contributed by atoms with Crippen LogP contribution in [0.2, 0.25) is 0 Å². The van der Waals surface area contributed by atoms with Gasteiger partial charge in [-0.1, -0.05) is 31.2 Å². The first-order valence-corrected chi connectivity index (χ1v) is 8.34. The number of hydrogen-bond acceptors (Lipinski definition) is 2. The predicted octanol–water partition coefficient (Wildman–Crippen LogP) is 1.88. The van der Waals surface area contributed by atoms with Crippen molar-refractivity contribution >= 4 is 11.9 Å². The van der Waals surface area contributed by atoms with Gasteiger partial charge in [-0.2, -0.15) is 0 Å². The first-order chi connectivity index (χ1) is 11.0. The monoisotopic (exact) mass is 316 g/mol. The van der Waals surface area contributed by atoms with Gasteiger partial charge in [0.15, 0.2) is 5.96 Å². The van der Waals surface area contributed by atoms with Crippen LogP contribution in [0.4, 0.5) is 0 Å². The first-order valence-electron chi connectivity index (χ1n) is 8.34. The van der Waals surface area contributed by atoms with Gasteiger partial charge in [-0.25, -0.2) is 4.99 Å². The minimum absolute atomic E-state index is 0.0193. The van der Waals surface area contributed by atoms with Gasteiger partial charge in [0.2, 0.25) is 5.91 Å². The summed E-state index contributed by atoms with van der Waals surface area (Å²) in [7, 11) is 3.52. The van der Waals surface area contributed by atoms with Crippen molar-refractivity contribution < 1.29 is 4.79 Å². The molecule has 0 saturated heterocycles. The van der Waals surface area contributed by atoms with Gasteiger partial charge in [0.1, 0.15) is 6.54 Å². The van der Waals surface area contributed by atoms with E-state index in [9.17, 15) is 4.79 Å². The summed E-state index contributed by atoms with van der Waals surface area (Å²) in [5.41, 5.74) is 2.76. The van der Waals surface area contributed by atoms with E-state index in [1.165, 1.54) is 11.1 Å². The summed E-state index contributed by atoms with van der Waals surface area (Å²) in [5.74, 6) is 0.856. The van der Waals surface area contributed by atoms with Gasteiger partial charge in [0.05, 0.1) is 0 Å². The van der Waals surface area contributed by atoms with Crippen molar-refractivity contribution in [3.63, 3.8) is 0 Å². The van der Waals surface area contributed by atoms with Crippen LogP contribution >= 0.6 is 0 Å². The van der Waals surface area contributed by atoms with E-state index in [0.717, 1.165) is 31.9 Å². The number of rotatable bonds is 4. The lowest BCUT2D eigenvalue weighted by Crippen LogP contribution is -2.47. The molecule has 1 aliphatic heterocycles. The average Bonchev–Trinajstić information content (AvgIpc) is 2.57. The summed E-state index contributed by atoms with van der Waals surface area (Å²) in [6.45, 7) is 6.24. The molecule has 1 aromatic rings. The fourth-order valence-electron chi connectivity index (χ4n) is 2.52. The van der Waals surface area contributed by atoms with Crippen molar-refractivity contribution in [2.24, 2.45) is 4.99 Å². The van der Waals surface area contributed by atoms with Crippen molar-refractivity contribution in [1.82, 2.24) is 15.1 Å². The number of nitrogens with one attached hydrogen (secondary N) is 1. The SMILES string of the molecule is CCC(C)NC(=NCC(=O)N(C)C)N1CCc2ccccc2C1. The lowest BCUT2D eigenvalue weighted by molar-refractivity contribution is -0.127. The largest absolute Gasteiger partial charge is 0.354 e. The Labute approximate surface area is 139 Å². The molecule has 126 valence electrons. The lowest BCUT2D eigenvalue weighted by atomic mass is 10.0. The molecule has 1 atom stereocenters. The molecule has 0 bridgehead atoms. The van der Waals surface area contributed by atoms with Crippen molar-refractivity contribution in [2.45, 2.75) is 39.3 Å². The summed E-state index contributed by atoms with van der Waals surface area (Å²) in [4.78, 5) is 20.3. The van der Waals surface area contributed by atoms with Crippen LogP contribution in [-0.2, 0) is 17.8 Å². The molecule has 0 saturated carbocycles. The van der Waals surface area contributed by atoms with E-state index in [0.29, 0.717) is 6.04 Å². The van der Waals surface area contributed by atoms with Crippen LogP contribution in [0.5, 0.6) is 0 Å². The summed E-state index contributed by atoms with van der Waals surface area (Å²) in [6.07, 6.45) is 2.03. The molecular weight excluding hydrogens is 288 g/mol. The number of amides is 1. The normalized spacial score (nSPS) is 15.8. The molecule has 1 unspecified atom stereocenters. The minimum atomic E-state index is 0.0193. The quantitative estimate of drug-likeness (QED) is 0.681. The van der Waals surface area contributed by atoms with Gasteiger partial charge in [0, 0.05) is 33.2 Å². The molecule has 0 fully saturated rings. The highest BCUT2D eigenvalue weighted by Crippen LogP contribution is 2.18. The maximum Gasteiger partial charge on any atom is 0.243 e. The Morgan fingerprint density at radius 1 is 1.35 bits per heavy atom. The highest BCUT2D eigenvalue weighted by molar-refractivity contribution is 5.85. The molecule has 0 aromatic heterocycles. The van der Waals surface area contributed by atoms with E-state index in [1.807, 2.05) is 0 Å². The van der Waals surface area contributed by atoms with Crippen molar-refractivity contribution in [3.05, 3.63) is 35.4 Å². The zero-order chi connectivity index (χ0) is 16.8. The van der Waals surface area contributed by atoms with E-state index in [-0.39, 0.29) is 12.5 Å². The molecule has 5 heteroatoms. The molecule has 1 aliphatic rings. The van der Waals surface area contributed by atoms with Gasteiger partial charge in [0.25, 0.3) is 0 Å². The average molecular weight is 316 g/mol. The Bertz CT molecular complexity index is 568. The molecule has 0 spiro atoms. The number of likely N-dealkylation sites (N-methyl/N-ethyl adjacent to an activating group) is 1. The third-order valence-corrected chi connectivity index (χ3v) is 4.28. The fraction of sp³-hybridized carbons (Fsp3) is 0.556. The number of benzene rings is 1. The van der Waals surface area contributed by atoms with Crippen molar-refractivity contribution in [2.75, 3.05) is 27.2 Å². The highest BCUT2D eigenvalue weighted by atomic mass is 16.2. The van der Waals surface area contributed by atoms with Crippen LogP contribution in [0, 0.1) is 0 Å². The summed E-state index contributed by atoms with van der Waals surface area (Å²) >= 11 is 0. The topological polar surface area (TPSA) is 47.9 Å². The van der Waals surface area contributed by atoms with Gasteiger partial charge < -0.3 is 15.1 Å². The number of carbonyl (C=O) groups excluding carboxylic acids is 1. The van der Waals surface area contributed by atoms with Crippen LogP contribution in [0.15, 0.2) is 29.3 Å². The molecule has 1 aromatic carbocycles. The Balaban J connectivity index is 2.14. The summed E-state index contributed by atoms with van der Waals surface area (Å²) in [6, 6.07) is 8.88. The van der Waals surface area contributed by atoms with Crippen molar-refractivity contribution in [3.8, 4) is 0 Å². The number of aliphatic imine (C=N–C) groups is 1. The predicted molar refractivity (Wildman–Crippen MR) is 94.4 cm³/mol. The van der Waals surface area contributed by atoms with Crippen LogP contribution in [0.3, 0.4) is 0 Å². The fourth-order valence-corrected chi connectivity index (χ4v) is 2.52. The van der Waals surface area contributed by atoms with E-state index in [2.05, 4.69) is 53.3 Å². The highest BCUT2D eigenvalue weighted by Gasteiger charge is 2.20. The molecule has 2 rings (SSSR count). The molecule has 1 N–H and O–H groups in total. The zero-order valence-electron chi connectivity index (χ0n) is 14.7. The number of fused-ring (bicyclic) bond motifs is 1. The number of hydrogen-bond donors (Lipinski definition) is 1. The van der Waals surface area contributed by atoms with Crippen LogP contribution in [-0.4, -0.2) is 54.9 Å². The Hall–Kier alpha value is -2.04. The zero-order valence-corrected chi connectivity index (χ0v) is 14.7. The summed E-state index contributed by atoms with van der Waals surface area (Å²) < 4.78 is 0. The first kappa shape index (κ1) is 17.3. The van der Waals surface area contributed by atoms with E-state index in [1.54, 1.807) is 19.0 Å². The number of carbonyl (C=O) groups is 1. The van der Waals surface area contributed by atoms with E-state index >= 15 is 0 Å². The second kappa shape index (κ2) is 7.99. The van der Waals surface area contributed by atoms with Crippen LogP contribution in [0.25, 0.3) is 0 Å². The Morgan fingerprint density at radius 2 is 2.04 bits per heavy atom. The number of nitrogens with zero attached hydrogens (tertiary/aromatic N) is 3. The molecule has 0 radical (unpaired) electrons. The Morgan fingerprint density at radius 3 is 2.70 bits per heavy atom. The molecule has 1 heterocycles. The van der Waals surface area contributed by atoms with E-state index in [4.69, 9.17) is 0 Å².